The number of benzene rings is 3. The Morgan fingerprint density at radius 1 is 0.968 bits per heavy atom. The number of aliphatic carboxylic acids is 1. The summed E-state index contributed by atoms with van der Waals surface area (Å²) in [7, 11) is 0. The molecular formula is C24H19F2NO4. The predicted molar refractivity (Wildman–Crippen MR) is 110 cm³/mol. The minimum absolute atomic E-state index is 0.0333. The van der Waals surface area contributed by atoms with Crippen LogP contribution in [0, 0.1) is 11.6 Å². The Labute approximate surface area is 177 Å². The van der Waals surface area contributed by atoms with E-state index in [1.54, 1.807) is 0 Å². The maximum Gasteiger partial charge on any atom is 0.407 e. The molecule has 1 aliphatic carbocycles. The summed E-state index contributed by atoms with van der Waals surface area (Å²) in [6.07, 6.45) is -1.45. The van der Waals surface area contributed by atoms with E-state index in [4.69, 9.17) is 9.84 Å². The molecule has 7 heteroatoms. The van der Waals surface area contributed by atoms with Crippen LogP contribution in [-0.4, -0.2) is 23.8 Å². The summed E-state index contributed by atoms with van der Waals surface area (Å²) in [4.78, 5) is 23.6. The van der Waals surface area contributed by atoms with Crippen molar-refractivity contribution >= 4 is 12.1 Å². The fraction of sp³-hybridized carbons (Fsp3) is 0.167. The van der Waals surface area contributed by atoms with Gasteiger partial charge in [0.1, 0.15) is 18.2 Å². The molecule has 0 heterocycles. The molecule has 2 N–H and O–H groups in total. The second kappa shape index (κ2) is 8.55. The van der Waals surface area contributed by atoms with Gasteiger partial charge >= 0.3 is 12.1 Å². The van der Waals surface area contributed by atoms with Gasteiger partial charge in [-0.25, -0.2) is 13.6 Å². The van der Waals surface area contributed by atoms with E-state index in [-0.39, 0.29) is 18.1 Å². The number of carbonyl (C=O) groups is 2. The van der Waals surface area contributed by atoms with Crippen molar-refractivity contribution in [1.29, 1.82) is 0 Å². The number of ether oxygens (including phenoxy) is 1. The number of carboxylic acid groups (broad SMARTS) is 1. The molecule has 3 aromatic rings. The molecule has 0 spiro atoms. The Morgan fingerprint density at radius 3 is 2.16 bits per heavy atom. The molecule has 0 aromatic heterocycles. The van der Waals surface area contributed by atoms with Crippen LogP contribution in [0.25, 0.3) is 11.1 Å². The third-order valence-electron chi connectivity index (χ3n) is 5.35. The van der Waals surface area contributed by atoms with E-state index in [1.807, 2.05) is 48.5 Å². The van der Waals surface area contributed by atoms with Crippen molar-refractivity contribution in [2.24, 2.45) is 0 Å². The highest BCUT2D eigenvalue weighted by Gasteiger charge is 2.29. The number of rotatable bonds is 6. The molecule has 0 radical (unpaired) electrons. The van der Waals surface area contributed by atoms with Crippen molar-refractivity contribution < 1.29 is 28.2 Å². The number of halogens is 2. The van der Waals surface area contributed by atoms with Gasteiger partial charge in [-0.15, -0.1) is 0 Å². The van der Waals surface area contributed by atoms with Crippen LogP contribution in [0.15, 0.2) is 66.7 Å². The van der Waals surface area contributed by atoms with Gasteiger partial charge in [0.2, 0.25) is 0 Å². The van der Waals surface area contributed by atoms with Crippen LogP contribution in [-0.2, 0) is 9.53 Å². The molecule has 1 atom stereocenters. The number of alkyl carbamates (subject to hydrolysis) is 1. The Morgan fingerprint density at radius 2 is 1.58 bits per heavy atom. The third-order valence-corrected chi connectivity index (χ3v) is 5.35. The summed E-state index contributed by atoms with van der Waals surface area (Å²) in [5, 5.41) is 11.5. The largest absolute Gasteiger partial charge is 0.481 e. The van der Waals surface area contributed by atoms with Crippen molar-refractivity contribution in [1.82, 2.24) is 5.32 Å². The summed E-state index contributed by atoms with van der Waals surface area (Å²) >= 11 is 0. The molecule has 0 unspecified atom stereocenters. The molecule has 4 rings (SSSR count). The highest BCUT2D eigenvalue weighted by atomic mass is 19.1. The number of hydrogen-bond donors (Lipinski definition) is 2. The van der Waals surface area contributed by atoms with Gasteiger partial charge in [0, 0.05) is 17.5 Å². The summed E-state index contributed by atoms with van der Waals surface area (Å²) in [5.41, 5.74) is 4.08. The number of carboxylic acids is 1. The Bertz CT molecular complexity index is 1100. The molecule has 0 bridgehead atoms. The molecule has 0 saturated carbocycles. The van der Waals surface area contributed by atoms with Gasteiger partial charge in [0.15, 0.2) is 0 Å². The Balaban J connectivity index is 1.50. The van der Waals surface area contributed by atoms with E-state index in [1.165, 1.54) is 0 Å². The van der Waals surface area contributed by atoms with Crippen LogP contribution in [0.1, 0.15) is 35.1 Å². The lowest BCUT2D eigenvalue weighted by Crippen LogP contribution is -2.32. The van der Waals surface area contributed by atoms with E-state index >= 15 is 0 Å². The summed E-state index contributed by atoms with van der Waals surface area (Å²) < 4.78 is 32.7. The lowest BCUT2D eigenvalue weighted by Gasteiger charge is -2.19. The molecule has 1 aliphatic rings. The fourth-order valence-electron chi connectivity index (χ4n) is 3.98. The van der Waals surface area contributed by atoms with Crippen LogP contribution in [0.4, 0.5) is 13.6 Å². The Hall–Kier alpha value is -3.74. The van der Waals surface area contributed by atoms with Gasteiger partial charge in [-0.2, -0.15) is 0 Å². The van der Waals surface area contributed by atoms with Crippen LogP contribution in [0.3, 0.4) is 0 Å². The summed E-state index contributed by atoms with van der Waals surface area (Å²) in [6.45, 7) is 0.0333. The molecule has 0 saturated heterocycles. The monoisotopic (exact) mass is 423 g/mol. The Kier molecular flexibility index (Phi) is 5.66. The zero-order valence-corrected chi connectivity index (χ0v) is 16.3. The van der Waals surface area contributed by atoms with Gasteiger partial charge < -0.3 is 15.2 Å². The minimum atomic E-state index is -1.24. The highest BCUT2D eigenvalue weighted by Crippen LogP contribution is 2.44. The second-order valence-electron chi connectivity index (χ2n) is 7.29. The lowest BCUT2D eigenvalue weighted by molar-refractivity contribution is -0.137. The van der Waals surface area contributed by atoms with E-state index in [0.29, 0.717) is 6.07 Å². The molecule has 31 heavy (non-hydrogen) atoms. The maximum atomic E-state index is 14.1. The predicted octanol–water partition coefficient (Wildman–Crippen LogP) is 5.02. The first-order chi connectivity index (χ1) is 14.9. The molecule has 1 amide bonds. The van der Waals surface area contributed by atoms with Crippen LogP contribution in [0.2, 0.25) is 0 Å². The number of carbonyl (C=O) groups excluding carboxylic acids is 1. The van der Waals surface area contributed by atoms with E-state index in [2.05, 4.69) is 5.32 Å². The smallest absolute Gasteiger partial charge is 0.407 e. The number of amides is 1. The van der Waals surface area contributed by atoms with Crippen molar-refractivity contribution in [2.45, 2.75) is 18.4 Å². The number of hydrogen-bond acceptors (Lipinski definition) is 3. The van der Waals surface area contributed by atoms with Crippen molar-refractivity contribution in [3.05, 3.63) is 95.1 Å². The number of nitrogens with one attached hydrogen (secondary N) is 1. The van der Waals surface area contributed by atoms with Crippen molar-refractivity contribution in [3.8, 4) is 11.1 Å². The number of fused-ring (bicyclic) bond motifs is 3. The summed E-state index contributed by atoms with van der Waals surface area (Å²) in [6, 6.07) is 17.2. The molecule has 3 aromatic carbocycles. The average Bonchev–Trinajstić information content (AvgIpc) is 3.05. The van der Waals surface area contributed by atoms with Gasteiger partial charge in [-0.3, -0.25) is 4.79 Å². The normalized spacial score (nSPS) is 13.2. The van der Waals surface area contributed by atoms with Gasteiger partial charge in [-0.05, 0) is 28.3 Å². The van der Waals surface area contributed by atoms with Crippen molar-refractivity contribution in [2.75, 3.05) is 6.61 Å². The van der Waals surface area contributed by atoms with Crippen LogP contribution in [0.5, 0.6) is 0 Å². The van der Waals surface area contributed by atoms with Crippen LogP contribution >= 0.6 is 0 Å². The zero-order valence-electron chi connectivity index (χ0n) is 16.3. The maximum absolute atomic E-state index is 14.1. The SMILES string of the molecule is O=C(O)C[C@H](NC(=O)OCC1c2ccccc2-c2ccccc21)c1ccc(F)cc1F. The molecule has 0 fully saturated rings. The molecule has 0 aliphatic heterocycles. The van der Waals surface area contributed by atoms with E-state index < -0.39 is 36.2 Å². The second-order valence-corrected chi connectivity index (χ2v) is 7.29. The first kappa shape index (κ1) is 20.5. The van der Waals surface area contributed by atoms with E-state index in [0.717, 1.165) is 34.4 Å². The standard InChI is InChI=1S/C24H19F2NO4/c25-14-9-10-19(21(26)11-14)22(12-23(28)29)27-24(30)31-13-20-17-7-3-1-5-15(17)16-6-2-4-8-18(16)20/h1-11,20,22H,12-13H2,(H,27,30)(H,28,29)/t22-/m0/s1. The molecule has 5 nitrogen and oxygen atoms in total. The quantitative estimate of drug-likeness (QED) is 0.584. The summed E-state index contributed by atoms with van der Waals surface area (Å²) in [5.74, 6) is -3.15. The first-order valence-electron chi connectivity index (χ1n) is 9.72. The average molecular weight is 423 g/mol. The molecule has 158 valence electrons. The first-order valence-corrected chi connectivity index (χ1v) is 9.72. The van der Waals surface area contributed by atoms with Crippen LogP contribution < -0.4 is 5.32 Å². The van der Waals surface area contributed by atoms with Gasteiger partial charge in [0.05, 0.1) is 12.5 Å². The van der Waals surface area contributed by atoms with Gasteiger partial charge in [0.25, 0.3) is 0 Å². The third kappa shape index (κ3) is 4.26. The topological polar surface area (TPSA) is 75.6 Å². The zero-order chi connectivity index (χ0) is 22.0. The fourth-order valence-corrected chi connectivity index (χ4v) is 3.98. The lowest BCUT2D eigenvalue weighted by atomic mass is 9.98. The minimum Gasteiger partial charge on any atom is -0.481 e. The van der Waals surface area contributed by atoms with Crippen molar-refractivity contribution in [3.63, 3.8) is 0 Å². The molecular weight excluding hydrogens is 404 g/mol. The highest BCUT2D eigenvalue weighted by molar-refractivity contribution is 5.79. The van der Waals surface area contributed by atoms with Gasteiger partial charge in [-0.1, -0.05) is 54.6 Å². The van der Waals surface area contributed by atoms with E-state index in [9.17, 15) is 18.4 Å².